The number of ether oxygens (including phenoxy) is 1. The van der Waals surface area contributed by atoms with E-state index < -0.39 is 0 Å². The second-order valence-corrected chi connectivity index (χ2v) is 7.26. The molecule has 0 spiro atoms. The SMILES string of the molecule is C=CCN(CC(=O)Nc1ncc(C)s1)C(=O)c1ccc(OCCCC)cc1. The van der Waals surface area contributed by atoms with Gasteiger partial charge in [-0.2, -0.15) is 0 Å². The maximum absolute atomic E-state index is 12.7. The predicted octanol–water partition coefficient (Wildman–Crippen LogP) is 3.90. The van der Waals surface area contributed by atoms with Crippen molar-refractivity contribution in [3.63, 3.8) is 0 Å². The van der Waals surface area contributed by atoms with Crippen molar-refractivity contribution in [3.05, 3.63) is 53.6 Å². The fourth-order valence-electron chi connectivity index (χ4n) is 2.33. The van der Waals surface area contributed by atoms with Crippen molar-refractivity contribution < 1.29 is 14.3 Å². The molecule has 0 aliphatic carbocycles. The smallest absolute Gasteiger partial charge is 0.254 e. The van der Waals surface area contributed by atoms with Crippen LogP contribution in [-0.2, 0) is 4.79 Å². The van der Waals surface area contributed by atoms with Crippen LogP contribution in [0.15, 0.2) is 43.1 Å². The molecule has 1 heterocycles. The molecule has 2 aromatic rings. The molecule has 27 heavy (non-hydrogen) atoms. The number of unbranched alkanes of at least 4 members (excludes halogenated alkanes) is 1. The highest BCUT2D eigenvalue weighted by atomic mass is 32.1. The van der Waals surface area contributed by atoms with E-state index in [9.17, 15) is 9.59 Å². The number of carbonyl (C=O) groups is 2. The van der Waals surface area contributed by atoms with Crippen molar-refractivity contribution >= 4 is 28.3 Å². The van der Waals surface area contributed by atoms with Crippen LogP contribution < -0.4 is 10.1 Å². The number of hydrogen-bond donors (Lipinski definition) is 1. The van der Waals surface area contributed by atoms with Gasteiger partial charge in [0.1, 0.15) is 12.3 Å². The van der Waals surface area contributed by atoms with Gasteiger partial charge in [-0.15, -0.1) is 17.9 Å². The summed E-state index contributed by atoms with van der Waals surface area (Å²) in [6, 6.07) is 6.96. The third kappa shape index (κ3) is 6.53. The lowest BCUT2D eigenvalue weighted by atomic mass is 10.2. The average molecular weight is 388 g/mol. The number of aryl methyl sites for hydroxylation is 1. The Morgan fingerprint density at radius 2 is 2.07 bits per heavy atom. The molecule has 0 radical (unpaired) electrons. The highest BCUT2D eigenvalue weighted by Crippen LogP contribution is 2.17. The van der Waals surface area contributed by atoms with Crippen LogP contribution in [0.2, 0.25) is 0 Å². The Morgan fingerprint density at radius 1 is 1.33 bits per heavy atom. The van der Waals surface area contributed by atoms with Gasteiger partial charge in [-0.25, -0.2) is 4.98 Å². The minimum absolute atomic E-state index is 0.0712. The number of anilines is 1. The number of hydrogen-bond acceptors (Lipinski definition) is 5. The van der Waals surface area contributed by atoms with Crippen LogP contribution in [0.25, 0.3) is 0 Å². The van der Waals surface area contributed by atoms with Crippen molar-refractivity contribution in [2.75, 3.05) is 25.0 Å². The lowest BCUT2D eigenvalue weighted by molar-refractivity contribution is -0.116. The summed E-state index contributed by atoms with van der Waals surface area (Å²) in [5.41, 5.74) is 0.498. The quantitative estimate of drug-likeness (QED) is 0.496. The lowest BCUT2D eigenvalue weighted by Crippen LogP contribution is -2.38. The zero-order valence-corrected chi connectivity index (χ0v) is 16.6. The molecule has 0 aliphatic rings. The number of thiazole rings is 1. The molecule has 0 bridgehead atoms. The van der Waals surface area contributed by atoms with Crippen LogP contribution in [0.3, 0.4) is 0 Å². The van der Waals surface area contributed by atoms with Gasteiger partial charge >= 0.3 is 0 Å². The molecular formula is C20H25N3O3S. The van der Waals surface area contributed by atoms with E-state index in [4.69, 9.17) is 4.74 Å². The fraction of sp³-hybridized carbons (Fsp3) is 0.350. The minimum Gasteiger partial charge on any atom is -0.494 e. The normalized spacial score (nSPS) is 10.3. The van der Waals surface area contributed by atoms with E-state index >= 15 is 0 Å². The maximum Gasteiger partial charge on any atom is 0.254 e. The third-order valence-electron chi connectivity index (χ3n) is 3.71. The van der Waals surface area contributed by atoms with E-state index in [-0.39, 0.29) is 24.9 Å². The van der Waals surface area contributed by atoms with E-state index in [1.807, 2.05) is 6.92 Å². The Balaban J connectivity index is 1.98. The summed E-state index contributed by atoms with van der Waals surface area (Å²) in [5, 5.41) is 3.24. The first-order chi connectivity index (χ1) is 13.0. The molecule has 1 aromatic carbocycles. The molecule has 1 N–H and O–H groups in total. The fourth-order valence-corrected chi connectivity index (χ4v) is 3.01. The van der Waals surface area contributed by atoms with Gasteiger partial charge in [-0.1, -0.05) is 19.4 Å². The molecule has 2 amide bonds. The lowest BCUT2D eigenvalue weighted by Gasteiger charge is -2.20. The van der Waals surface area contributed by atoms with E-state index in [2.05, 4.69) is 23.8 Å². The minimum atomic E-state index is -0.293. The number of nitrogens with zero attached hydrogens (tertiary/aromatic N) is 2. The van der Waals surface area contributed by atoms with E-state index in [1.54, 1.807) is 36.5 Å². The zero-order chi connectivity index (χ0) is 19.6. The van der Waals surface area contributed by atoms with Crippen molar-refractivity contribution in [3.8, 4) is 5.75 Å². The molecule has 6 nitrogen and oxygen atoms in total. The summed E-state index contributed by atoms with van der Waals surface area (Å²) in [7, 11) is 0. The molecule has 0 atom stereocenters. The Labute approximate surface area is 163 Å². The van der Waals surface area contributed by atoms with Gasteiger partial charge in [-0.3, -0.25) is 9.59 Å². The van der Waals surface area contributed by atoms with Crippen LogP contribution in [0.1, 0.15) is 35.0 Å². The first kappa shape index (κ1) is 20.6. The Kier molecular flexibility index (Phi) is 8.00. The van der Waals surface area contributed by atoms with Gasteiger partial charge in [0.15, 0.2) is 5.13 Å². The molecular weight excluding hydrogens is 362 g/mol. The summed E-state index contributed by atoms with van der Waals surface area (Å²) in [6.07, 6.45) is 5.34. The van der Waals surface area contributed by atoms with Gasteiger partial charge in [0.25, 0.3) is 5.91 Å². The standard InChI is InChI=1S/C20H25N3O3S/c1-4-6-12-26-17-9-7-16(8-10-17)19(25)23(11-5-2)14-18(24)22-20-21-13-15(3)27-20/h5,7-10,13H,2,4,6,11-12,14H2,1,3H3,(H,21,22,24). The van der Waals surface area contributed by atoms with Crippen LogP contribution in [0.5, 0.6) is 5.75 Å². The number of carbonyl (C=O) groups excluding carboxylic acids is 2. The highest BCUT2D eigenvalue weighted by molar-refractivity contribution is 7.15. The number of benzene rings is 1. The van der Waals surface area contributed by atoms with Crippen molar-refractivity contribution in [1.29, 1.82) is 0 Å². The summed E-state index contributed by atoms with van der Waals surface area (Å²) in [6.45, 7) is 8.55. The monoisotopic (exact) mass is 387 g/mol. The topological polar surface area (TPSA) is 71.5 Å². The van der Waals surface area contributed by atoms with Crippen LogP contribution in [0.4, 0.5) is 5.13 Å². The number of aromatic nitrogens is 1. The summed E-state index contributed by atoms with van der Waals surface area (Å²) in [5.74, 6) is 0.201. The molecule has 1 aromatic heterocycles. The summed E-state index contributed by atoms with van der Waals surface area (Å²) < 4.78 is 5.61. The van der Waals surface area contributed by atoms with E-state index in [1.165, 1.54) is 16.2 Å². The maximum atomic E-state index is 12.7. The van der Waals surface area contributed by atoms with E-state index in [0.717, 1.165) is 23.5 Å². The van der Waals surface area contributed by atoms with Crippen LogP contribution in [-0.4, -0.2) is 41.4 Å². The Morgan fingerprint density at radius 3 is 2.67 bits per heavy atom. The van der Waals surface area contributed by atoms with Crippen LogP contribution >= 0.6 is 11.3 Å². The molecule has 0 aliphatic heterocycles. The molecule has 0 saturated heterocycles. The predicted molar refractivity (Wildman–Crippen MR) is 108 cm³/mol. The second kappa shape index (κ2) is 10.5. The van der Waals surface area contributed by atoms with Gasteiger partial charge in [-0.05, 0) is 37.6 Å². The Bertz CT molecular complexity index is 771. The van der Waals surface area contributed by atoms with Gasteiger partial charge in [0.05, 0.1) is 6.61 Å². The highest BCUT2D eigenvalue weighted by Gasteiger charge is 2.18. The van der Waals surface area contributed by atoms with Crippen molar-refractivity contribution in [1.82, 2.24) is 9.88 Å². The van der Waals surface area contributed by atoms with Crippen molar-refractivity contribution in [2.24, 2.45) is 0 Å². The first-order valence-corrected chi connectivity index (χ1v) is 9.70. The molecule has 7 heteroatoms. The first-order valence-electron chi connectivity index (χ1n) is 8.88. The molecule has 0 saturated carbocycles. The largest absolute Gasteiger partial charge is 0.494 e. The Hall–Kier alpha value is -2.67. The summed E-state index contributed by atoms with van der Waals surface area (Å²) >= 11 is 1.39. The third-order valence-corrected chi connectivity index (χ3v) is 4.53. The average Bonchev–Trinajstić information content (AvgIpc) is 3.06. The molecule has 2 rings (SSSR count). The van der Waals surface area contributed by atoms with Crippen LogP contribution in [0, 0.1) is 6.92 Å². The van der Waals surface area contributed by atoms with Gasteiger partial charge < -0.3 is 15.0 Å². The number of rotatable bonds is 10. The number of amides is 2. The molecule has 144 valence electrons. The molecule has 0 unspecified atom stereocenters. The number of nitrogens with one attached hydrogen (secondary N) is 1. The second-order valence-electron chi connectivity index (χ2n) is 6.02. The molecule has 0 fully saturated rings. The zero-order valence-electron chi connectivity index (χ0n) is 15.7. The van der Waals surface area contributed by atoms with Gasteiger partial charge in [0.2, 0.25) is 5.91 Å². The van der Waals surface area contributed by atoms with Crippen molar-refractivity contribution in [2.45, 2.75) is 26.7 Å². The summed E-state index contributed by atoms with van der Waals surface area (Å²) in [4.78, 5) is 31.5. The van der Waals surface area contributed by atoms with Gasteiger partial charge in [0, 0.05) is 23.2 Å². The van der Waals surface area contributed by atoms with E-state index in [0.29, 0.717) is 17.3 Å².